The highest BCUT2D eigenvalue weighted by Crippen LogP contribution is 1.66. The predicted molar refractivity (Wildman–Crippen MR) is 19.7 cm³/mol. The molecule has 0 heterocycles. The Hall–Kier alpha value is -0.380. The first-order valence-corrected chi connectivity index (χ1v) is 1.48. The lowest BCUT2D eigenvalue weighted by Gasteiger charge is -1.24. The summed E-state index contributed by atoms with van der Waals surface area (Å²) in [4.78, 5) is 6.99. The molecule has 0 amide bonds. The summed E-state index contributed by atoms with van der Waals surface area (Å²) in [5.41, 5.74) is 0. The molecule has 5 heavy (non-hydrogen) atoms. The third-order valence-electron chi connectivity index (χ3n) is 0. The van der Waals surface area contributed by atoms with Crippen LogP contribution < -0.4 is 0 Å². The van der Waals surface area contributed by atoms with Crippen molar-refractivity contribution in [2.75, 3.05) is 0 Å². The van der Waals surface area contributed by atoms with E-state index in [4.69, 9.17) is 9.46 Å². The van der Waals surface area contributed by atoms with Gasteiger partial charge in [0.15, 0.2) is 0 Å². The third-order valence-corrected chi connectivity index (χ3v) is 0. The van der Waals surface area contributed by atoms with E-state index in [9.17, 15) is 0 Å². The molecule has 0 aromatic carbocycles. The molecule has 0 rings (SSSR count). The van der Waals surface area contributed by atoms with Crippen molar-refractivity contribution in [3.05, 3.63) is 0 Å². The van der Waals surface area contributed by atoms with Crippen LogP contribution in [0.25, 0.3) is 0 Å². The summed E-state index contributed by atoms with van der Waals surface area (Å²) in [7, 11) is -0.833. The molecule has 0 aromatic rings. The van der Waals surface area contributed by atoms with Crippen molar-refractivity contribution in [1.82, 2.24) is 0 Å². The fourth-order valence-corrected chi connectivity index (χ4v) is 0. The van der Waals surface area contributed by atoms with Gasteiger partial charge in [-0.2, -0.15) is 0 Å². The molecule has 2 nitrogen and oxygen atoms in total. The maximum Gasteiger partial charge on any atom is 0.324 e. The van der Waals surface area contributed by atoms with E-state index >= 15 is 0 Å². The molecular formula is C2H3O2P. The number of hydrogen-bond acceptors (Lipinski definition) is 1. The van der Waals surface area contributed by atoms with E-state index < -0.39 is 8.69 Å². The molecule has 0 aliphatic heterocycles. The second-order valence-electron chi connectivity index (χ2n) is 0.0816. The molecule has 0 fully saturated rings. The molecule has 1 N–H and O–H groups in total. The normalized spacial score (nSPS) is 4.60. The van der Waals surface area contributed by atoms with Gasteiger partial charge in [-0.25, -0.2) is 4.57 Å². The molecule has 0 unspecified atom stereocenters. The lowest BCUT2D eigenvalue weighted by molar-refractivity contribution is 0.524. The van der Waals surface area contributed by atoms with E-state index in [1.807, 2.05) is 0 Å². The monoisotopic (exact) mass is 90.0 g/mol. The Kier molecular flexibility index (Phi) is 114. The summed E-state index contributed by atoms with van der Waals surface area (Å²) in [6.45, 7) is 0. The zero-order valence-corrected chi connectivity index (χ0v) is 3.35. The molecule has 3 heteroatoms. The molecule has 0 spiro atoms. The Morgan fingerprint density at radius 1 is 1.60 bits per heavy atom. The fraction of sp³-hybridized carbons (Fsp3) is 0. The van der Waals surface area contributed by atoms with Crippen LogP contribution in [0.2, 0.25) is 0 Å². The largest absolute Gasteiger partial charge is 0.324 e. The van der Waals surface area contributed by atoms with Gasteiger partial charge in [-0.15, -0.1) is 12.8 Å². The van der Waals surface area contributed by atoms with Crippen LogP contribution in [0.5, 0.6) is 0 Å². The zero-order valence-electron chi connectivity index (χ0n) is 2.46. The van der Waals surface area contributed by atoms with Crippen molar-refractivity contribution in [2.45, 2.75) is 0 Å². The van der Waals surface area contributed by atoms with Gasteiger partial charge in [0.05, 0.1) is 0 Å². The summed E-state index contributed by atoms with van der Waals surface area (Å²) >= 11 is 0. The maximum atomic E-state index is 8.46. The van der Waals surface area contributed by atoms with Crippen LogP contribution in [0.4, 0.5) is 0 Å². The van der Waals surface area contributed by atoms with E-state index in [-0.39, 0.29) is 0 Å². The van der Waals surface area contributed by atoms with Gasteiger partial charge in [0.1, 0.15) is 0 Å². The highest BCUT2D eigenvalue weighted by Gasteiger charge is 1.28. The van der Waals surface area contributed by atoms with Crippen molar-refractivity contribution < 1.29 is 9.46 Å². The first kappa shape index (κ1) is 8.82. The summed E-state index contributed by atoms with van der Waals surface area (Å²) < 4.78 is 8.46. The average Bonchev–Trinajstić information content (AvgIpc) is 1.46. The van der Waals surface area contributed by atoms with E-state index in [0.29, 0.717) is 0 Å². The minimum absolute atomic E-state index is 0.833. The Morgan fingerprint density at radius 3 is 1.60 bits per heavy atom. The average molecular weight is 90.0 g/mol. The van der Waals surface area contributed by atoms with Crippen LogP contribution in [0.15, 0.2) is 0 Å². The van der Waals surface area contributed by atoms with Crippen LogP contribution in [-0.4, -0.2) is 4.89 Å². The molecule has 0 aromatic heterocycles. The standard InChI is InChI=1S/C2H2.HO2P/c1-2;1-3-2/h1-2H;(H,1,2). The molecule has 0 aliphatic rings. The van der Waals surface area contributed by atoms with Crippen molar-refractivity contribution >= 4 is 8.69 Å². The number of terminal acetylenes is 1. The van der Waals surface area contributed by atoms with Crippen LogP contribution >= 0.6 is 8.69 Å². The Morgan fingerprint density at radius 2 is 1.60 bits per heavy atom. The minimum Gasteiger partial charge on any atom is -0.310 e. The first-order chi connectivity index (χ1) is 2.41. The summed E-state index contributed by atoms with van der Waals surface area (Å²) in [6, 6.07) is 0. The van der Waals surface area contributed by atoms with Gasteiger partial charge >= 0.3 is 8.69 Å². The van der Waals surface area contributed by atoms with Gasteiger partial charge in [0.25, 0.3) is 0 Å². The number of rotatable bonds is 0. The quantitative estimate of drug-likeness (QED) is 0.346. The summed E-state index contributed by atoms with van der Waals surface area (Å²) in [5, 5.41) is 0. The second kappa shape index (κ2) is 64.6. The highest BCUT2D eigenvalue weighted by atomic mass is 31.1. The zero-order chi connectivity index (χ0) is 4.71. The van der Waals surface area contributed by atoms with Gasteiger partial charge < -0.3 is 4.89 Å². The SMILES string of the molecule is C#C.O=PO. The van der Waals surface area contributed by atoms with Crippen molar-refractivity contribution in [3.63, 3.8) is 0 Å². The molecule has 0 bridgehead atoms. The van der Waals surface area contributed by atoms with Crippen LogP contribution in [-0.2, 0) is 4.57 Å². The van der Waals surface area contributed by atoms with E-state index in [2.05, 4.69) is 12.8 Å². The molecule has 0 saturated heterocycles. The molecule has 0 saturated carbocycles. The van der Waals surface area contributed by atoms with E-state index in [1.54, 1.807) is 0 Å². The minimum atomic E-state index is -0.833. The smallest absolute Gasteiger partial charge is 0.310 e. The lowest BCUT2D eigenvalue weighted by atomic mass is 11.4. The Labute approximate surface area is 32.1 Å². The molecule has 0 atom stereocenters. The molecule has 28 valence electrons. The van der Waals surface area contributed by atoms with E-state index in [0.717, 1.165) is 0 Å². The van der Waals surface area contributed by atoms with E-state index in [1.165, 1.54) is 0 Å². The summed E-state index contributed by atoms with van der Waals surface area (Å²) in [6.07, 6.45) is 8.00. The van der Waals surface area contributed by atoms with Gasteiger partial charge in [-0.1, -0.05) is 0 Å². The Bertz CT molecular complexity index is 31.9. The Balaban J connectivity index is 0. The number of hydrogen-bond donors (Lipinski definition) is 1. The molecular weight excluding hydrogens is 87.0 g/mol. The van der Waals surface area contributed by atoms with Gasteiger partial charge in [0, 0.05) is 0 Å². The van der Waals surface area contributed by atoms with Crippen LogP contribution in [0.3, 0.4) is 0 Å². The van der Waals surface area contributed by atoms with Crippen LogP contribution in [0, 0.1) is 12.8 Å². The fourth-order valence-electron chi connectivity index (χ4n) is 0. The van der Waals surface area contributed by atoms with Crippen molar-refractivity contribution in [2.24, 2.45) is 0 Å². The highest BCUT2D eigenvalue weighted by molar-refractivity contribution is 7.16. The first-order valence-electron chi connectivity index (χ1n) is 0.716. The van der Waals surface area contributed by atoms with Crippen molar-refractivity contribution in [3.8, 4) is 12.8 Å². The molecule has 0 radical (unpaired) electrons. The second-order valence-corrected chi connectivity index (χ2v) is 0.245. The van der Waals surface area contributed by atoms with Gasteiger partial charge in [-0.05, 0) is 0 Å². The topological polar surface area (TPSA) is 37.3 Å². The van der Waals surface area contributed by atoms with Gasteiger partial charge in [0.2, 0.25) is 0 Å². The summed E-state index contributed by atoms with van der Waals surface area (Å²) in [5.74, 6) is 0. The van der Waals surface area contributed by atoms with Crippen LogP contribution in [0.1, 0.15) is 0 Å². The predicted octanol–water partition coefficient (Wildman–Crippen LogP) is 0.435. The van der Waals surface area contributed by atoms with Crippen molar-refractivity contribution in [1.29, 1.82) is 0 Å². The maximum absolute atomic E-state index is 8.46. The van der Waals surface area contributed by atoms with Gasteiger partial charge in [-0.3, -0.25) is 0 Å². The third kappa shape index (κ3) is 65.8. The lowest BCUT2D eigenvalue weighted by Crippen LogP contribution is -1.03. The molecule has 0 aliphatic carbocycles.